The number of rotatable bonds is 5. The van der Waals surface area contributed by atoms with E-state index >= 15 is 0 Å². The van der Waals surface area contributed by atoms with Crippen molar-refractivity contribution in [3.05, 3.63) is 46.3 Å². The molecule has 5 nitrogen and oxygen atoms in total. The molecule has 1 N–H and O–H groups in total. The minimum absolute atomic E-state index is 0.136. The number of methoxy groups -OCH3 is 1. The summed E-state index contributed by atoms with van der Waals surface area (Å²) in [6, 6.07) is 7.94. The van der Waals surface area contributed by atoms with Gasteiger partial charge in [0.15, 0.2) is 16.2 Å². The second-order valence-electron chi connectivity index (χ2n) is 3.67. The van der Waals surface area contributed by atoms with Crippen molar-refractivity contribution in [3.63, 3.8) is 0 Å². The molecule has 0 atom stereocenters. The predicted molar refractivity (Wildman–Crippen MR) is 70.7 cm³/mol. The highest BCUT2D eigenvalue weighted by atomic mass is 79.9. The summed E-state index contributed by atoms with van der Waals surface area (Å²) in [5, 5.41) is 8.94. The summed E-state index contributed by atoms with van der Waals surface area (Å²) in [5.41, 5.74) is 0.136. The van der Waals surface area contributed by atoms with E-state index in [4.69, 9.17) is 19.0 Å². The Labute approximate surface area is 117 Å². The van der Waals surface area contributed by atoms with Gasteiger partial charge >= 0.3 is 5.97 Å². The molecule has 2 rings (SSSR count). The first-order chi connectivity index (χ1) is 9.10. The van der Waals surface area contributed by atoms with Crippen LogP contribution in [0.25, 0.3) is 0 Å². The van der Waals surface area contributed by atoms with Gasteiger partial charge in [0, 0.05) is 0 Å². The number of halogens is 1. The van der Waals surface area contributed by atoms with Gasteiger partial charge in [-0.15, -0.1) is 0 Å². The Morgan fingerprint density at radius 2 is 2.11 bits per heavy atom. The van der Waals surface area contributed by atoms with Crippen molar-refractivity contribution in [3.8, 4) is 11.5 Å². The highest BCUT2D eigenvalue weighted by Gasteiger charge is 2.11. The van der Waals surface area contributed by atoms with E-state index in [9.17, 15) is 4.79 Å². The van der Waals surface area contributed by atoms with Crippen LogP contribution in [0.15, 0.2) is 39.4 Å². The molecule has 0 saturated heterocycles. The third kappa shape index (κ3) is 3.29. The van der Waals surface area contributed by atoms with Crippen LogP contribution in [0, 0.1) is 0 Å². The average molecular weight is 327 g/mol. The first kappa shape index (κ1) is 13.5. The first-order valence-electron chi connectivity index (χ1n) is 5.38. The summed E-state index contributed by atoms with van der Waals surface area (Å²) in [7, 11) is 1.49. The minimum atomic E-state index is -1.02. The van der Waals surface area contributed by atoms with Gasteiger partial charge in [-0.3, -0.25) is 0 Å². The van der Waals surface area contributed by atoms with Gasteiger partial charge in [0.25, 0.3) is 0 Å². The van der Waals surface area contributed by atoms with Crippen molar-refractivity contribution in [1.82, 2.24) is 0 Å². The zero-order valence-corrected chi connectivity index (χ0v) is 11.6. The SMILES string of the molecule is COc1ccc(C(=O)O)cc1OCc1ccc(Br)o1. The van der Waals surface area contributed by atoms with Gasteiger partial charge in [0.1, 0.15) is 12.4 Å². The third-order valence-electron chi connectivity index (χ3n) is 2.41. The molecular weight excluding hydrogens is 316 g/mol. The van der Waals surface area contributed by atoms with E-state index < -0.39 is 5.97 Å². The van der Waals surface area contributed by atoms with Crippen LogP contribution in [-0.4, -0.2) is 18.2 Å². The lowest BCUT2D eigenvalue weighted by Crippen LogP contribution is -2.01. The predicted octanol–water partition coefficient (Wildman–Crippen LogP) is 3.33. The summed E-state index contributed by atoms with van der Waals surface area (Å²) in [6.45, 7) is 0.186. The lowest BCUT2D eigenvalue weighted by atomic mass is 10.2. The van der Waals surface area contributed by atoms with Crippen LogP contribution < -0.4 is 9.47 Å². The van der Waals surface area contributed by atoms with Crippen LogP contribution in [0.3, 0.4) is 0 Å². The first-order valence-corrected chi connectivity index (χ1v) is 6.18. The number of furan rings is 1. The number of ether oxygens (including phenoxy) is 2. The van der Waals surface area contributed by atoms with E-state index in [0.717, 1.165) is 0 Å². The Bertz CT molecular complexity index is 590. The molecular formula is C13H11BrO5. The molecule has 0 saturated carbocycles. The van der Waals surface area contributed by atoms with Crippen LogP contribution in [0.1, 0.15) is 16.1 Å². The normalized spacial score (nSPS) is 10.2. The maximum Gasteiger partial charge on any atom is 0.335 e. The maximum atomic E-state index is 10.9. The van der Waals surface area contributed by atoms with Gasteiger partial charge in [-0.25, -0.2) is 4.79 Å². The van der Waals surface area contributed by atoms with Gasteiger partial charge in [0.2, 0.25) is 0 Å². The lowest BCUT2D eigenvalue weighted by molar-refractivity contribution is 0.0696. The van der Waals surface area contributed by atoms with Crippen LogP contribution in [-0.2, 0) is 6.61 Å². The summed E-state index contributed by atoms with van der Waals surface area (Å²) < 4.78 is 16.5. The topological polar surface area (TPSA) is 68.9 Å². The van der Waals surface area contributed by atoms with E-state index in [-0.39, 0.29) is 12.2 Å². The highest BCUT2D eigenvalue weighted by molar-refractivity contribution is 9.10. The van der Waals surface area contributed by atoms with Crippen molar-refractivity contribution in [1.29, 1.82) is 0 Å². The molecule has 0 radical (unpaired) electrons. The number of hydrogen-bond acceptors (Lipinski definition) is 4. The van der Waals surface area contributed by atoms with Crippen molar-refractivity contribution >= 4 is 21.9 Å². The zero-order valence-electron chi connectivity index (χ0n) is 10.1. The Morgan fingerprint density at radius 3 is 2.68 bits per heavy atom. The molecule has 0 fully saturated rings. The van der Waals surface area contributed by atoms with Crippen LogP contribution in [0.4, 0.5) is 0 Å². The minimum Gasteiger partial charge on any atom is -0.493 e. The fourth-order valence-corrected chi connectivity index (χ4v) is 1.84. The van der Waals surface area contributed by atoms with E-state index in [2.05, 4.69) is 15.9 Å². The number of carboxylic acids is 1. The Hall–Kier alpha value is -1.95. The van der Waals surface area contributed by atoms with Gasteiger partial charge < -0.3 is 19.0 Å². The molecule has 1 aromatic heterocycles. The molecule has 2 aromatic rings. The van der Waals surface area contributed by atoms with Crippen molar-refractivity contribution in [2.75, 3.05) is 7.11 Å². The Balaban J connectivity index is 2.17. The molecule has 1 heterocycles. The number of benzene rings is 1. The monoisotopic (exact) mass is 326 g/mol. The standard InChI is InChI=1S/C13H11BrO5/c1-17-10-4-2-8(13(15)16)6-11(10)18-7-9-3-5-12(14)19-9/h2-6H,7H2,1H3,(H,15,16). The molecule has 0 aliphatic rings. The van der Waals surface area contributed by atoms with E-state index in [1.807, 2.05) is 0 Å². The van der Waals surface area contributed by atoms with Crippen molar-refractivity contribution in [2.24, 2.45) is 0 Å². The van der Waals surface area contributed by atoms with Gasteiger partial charge in [-0.05, 0) is 46.3 Å². The molecule has 0 bridgehead atoms. The molecule has 1 aromatic carbocycles. The second-order valence-corrected chi connectivity index (χ2v) is 4.45. The summed E-state index contributed by atoms with van der Waals surface area (Å²) >= 11 is 3.19. The Morgan fingerprint density at radius 1 is 1.32 bits per heavy atom. The number of carbonyl (C=O) groups is 1. The second kappa shape index (κ2) is 5.79. The summed E-state index contributed by atoms with van der Waals surface area (Å²) in [6.07, 6.45) is 0. The molecule has 0 aliphatic heterocycles. The average Bonchev–Trinajstić information content (AvgIpc) is 2.81. The molecule has 0 spiro atoms. The molecule has 100 valence electrons. The van der Waals surface area contributed by atoms with Crippen molar-refractivity contribution < 1.29 is 23.8 Å². The fraction of sp³-hybridized carbons (Fsp3) is 0.154. The lowest BCUT2D eigenvalue weighted by Gasteiger charge is -2.10. The van der Waals surface area contributed by atoms with Crippen molar-refractivity contribution in [2.45, 2.75) is 6.61 Å². The van der Waals surface area contributed by atoms with Gasteiger partial charge in [-0.2, -0.15) is 0 Å². The third-order valence-corrected chi connectivity index (χ3v) is 2.84. The number of carboxylic acid groups (broad SMARTS) is 1. The molecule has 0 amide bonds. The smallest absolute Gasteiger partial charge is 0.335 e. The summed E-state index contributed by atoms with van der Waals surface area (Å²) in [5.74, 6) is 0.424. The quantitative estimate of drug-likeness (QED) is 0.912. The Kier molecular flexibility index (Phi) is 4.11. The molecule has 6 heteroatoms. The van der Waals surface area contributed by atoms with Gasteiger partial charge in [0.05, 0.1) is 12.7 Å². The number of aromatic carboxylic acids is 1. The zero-order chi connectivity index (χ0) is 13.8. The molecule has 19 heavy (non-hydrogen) atoms. The number of hydrogen-bond donors (Lipinski definition) is 1. The van der Waals surface area contributed by atoms with E-state index in [1.165, 1.54) is 19.2 Å². The molecule has 0 unspecified atom stereocenters. The highest BCUT2D eigenvalue weighted by Crippen LogP contribution is 2.29. The van der Waals surface area contributed by atoms with Crippen LogP contribution >= 0.6 is 15.9 Å². The largest absolute Gasteiger partial charge is 0.493 e. The van der Waals surface area contributed by atoms with Crippen LogP contribution in [0.5, 0.6) is 11.5 Å². The van der Waals surface area contributed by atoms with E-state index in [0.29, 0.717) is 21.9 Å². The van der Waals surface area contributed by atoms with Crippen LogP contribution in [0.2, 0.25) is 0 Å². The van der Waals surface area contributed by atoms with Gasteiger partial charge in [-0.1, -0.05) is 0 Å². The maximum absolute atomic E-state index is 10.9. The fourth-order valence-electron chi connectivity index (χ4n) is 1.50. The molecule has 0 aliphatic carbocycles. The van der Waals surface area contributed by atoms with E-state index in [1.54, 1.807) is 18.2 Å². The summed E-state index contributed by atoms with van der Waals surface area (Å²) in [4.78, 5) is 10.9.